The van der Waals surface area contributed by atoms with Gasteiger partial charge in [0.25, 0.3) is 0 Å². The first-order valence-electron chi connectivity index (χ1n) is 5.47. The Labute approximate surface area is 95.1 Å². The molecule has 4 nitrogen and oxygen atoms in total. The van der Waals surface area contributed by atoms with Gasteiger partial charge in [-0.25, -0.2) is 0 Å². The van der Waals surface area contributed by atoms with Gasteiger partial charge in [0.1, 0.15) is 11.5 Å². The summed E-state index contributed by atoms with van der Waals surface area (Å²) in [7, 11) is 1.94. The third kappa shape index (κ3) is 2.02. The van der Waals surface area contributed by atoms with Gasteiger partial charge in [-0.05, 0) is 33.0 Å². The van der Waals surface area contributed by atoms with Crippen molar-refractivity contribution in [1.82, 2.24) is 15.5 Å². The van der Waals surface area contributed by atoms with E-state index in [2.05, 4.69) is 15.5 Å². The number of aryl methyl sites for hydroxylation is 2. The van der Waals surface area contributed by atoms with E-state index in [4.69, 9.17) is 4.42 Å². The van der Waals surface area contributed by atoms with Crippen molar-refractivity contribution in [2.45, 2.75) is 20.3 Å². The van der Waals surface area contributed by atoms with Crippen LogP contribution in [-0.2, 0) is 6.42 Å². The van der Waals surface area contributed by atoms with Gasteiger partial charge in [-0.2, -0.15) is 5.10 Å². The number of likely N-dealkylation sites (N-methyl/N-ethyl adjacent to an activating group) is 1. The Morgan fingerprint density at radius 1 is 1.38 bits per heavy atom. The van der Waals surface area contributed by atoms with Crippen molar-refractivity contribution in [2.75, 3.05) is 13.6 Å². The first-order valence-corrected chi connectivity index (χ1v) is 5.47. The minimum Gasteiger partial charge on any atom is -0.461 e. The first kappa shape index (κ1) is 11.0. The number of furan rings is 1. The van der Waals surface area contributed by atoms with Crippen molar-refractivity contribution < 1.29 is 4.42 Å². The van der Waals surface area contributed by atoms with Crippen LogP contribution in [-0.4, -0.2) is 23.8 Å². The molecule has 0 saturated heterocycles. The molecule has 0 aliphatic carbocycles. The highest BCUT2D eigenvalue weighted by atomic mass is 16.3. The molecule has 2 heterocycles. The summed E-state index contributed by atoms with van der Waals surface area (Å²) in [6.45, 7) is 4.88. The molecule has 0 aliphatic heterocycles. The fraction of sp³-hybridized carbons (Fsp3) is 0.417. The molecule has 0 saturated carbocycles. The number of aromatic amines is 1. The van der Waals surface area contributed by atoms with Crippen LogP contribution in [0.15, 0.2) is 16.5 Å². The Balaban J connectivity index is 2.35. The molecule has 0 amide bonds. The second kappa shape index (κ2) is 4.53. The Hall–Kier alpha value is -1.55. The molecule has 0 spiro atoms. The quantitative estimate of drug-likeness (QED) is 0.827. The number of nitrogens with one attached hydrogen (secondary N) is 2. The van der Waals surface area contributed by atoms with Crippen molar-refractivity contribution in [1.29, 1.82) is 0 Å². The maximum absolute atomic E-state index is 5.65. The molecule has 86 valence electrons. The lowest BCUT2D eigenvalue weighted by Gasteiger charge is -2.00. The zero-order valence-electron chi connectivity index (χ0n) is 9.92. The fourth-order valence-electron chi connectivity index (χ4n) is 1.80. The third-order valence-corrected chi connectivity index (χ3v) is 2.62. The van der Waals surface area contributed by atoms with E-state index in [1.165, 1.54) is 0 Å². The SMILES string of the molecule is CNCCc1n[nH]c(C)c1-c1ccc(C)o1. The minimum atomic E-state index is 0.898. The summed E-state index contributed by atoms with van der Waals surface area (Å²) in [5, 5.41) is 10.5. The molecule has 0 aromatic carbocycles. The number of H-pyrrole nitrogens is 1. The molecule has 0 aliphatic rings. The van der Waals surface area contributed by atoms with Gasteiger partial charge >= 0.3 is 0 Å². The van der Waals surface area contributed by atoms with Gasteiger partial charge in [-0.15, -0.1) is 0 Å². The van der Waals surface area contributed by atoms with E-state index in [1.54, 1.807) is 0 Å². The Kier molecular flexibility index (Phi) is 3.10. The smallest absolute Gasteiger partial charge is 0.137 e. The fourth-order valence-corrected chi connectivity index (χ4v) is 1.80. The summed E-state index contributed by atoms with van der Waals surface area (Å²) in [6.07, 6.45) is 0.899. The lowest BCUT2D eigenvalue weighted by atomic mass is 10.1. The van der Waals surface area contributed by atoms with Gasteiger partial charge in [0, 0.05) is 18.7 Å². The Bertz CT molecular complexity index is 470. The lowest BCUT2D eigenvalue weighted by Crippen LogP contribution is -2.11. The molecule has 0 unspecified atom stereocenters. The van der Waals surface area contributed by atoms with E-state index >= 15 is 0 Å². The van der Waals surface area contributed by atoms with Crippen LogP contribution in [0.25, 0.3) is 11.3 Å². The normalized spacial score (nSPS) is 10.9. The van der Waals surface area contributed by atoms with Crippen LogP contribution in [0.4, 0.5) is 0 Å². The standard InChI is InChI=1S/C12H17N3O/c1-8-4-5-11(16-8)12-9(2)14-15-10(12)6-7-13-3/h4-5,13H,6-7H2,1-3H3,(H,14,15). The molecule has 16 heavy (non-hydrogen) atoms. The number of aromatic nitrogens is 2. The summed E-state index contributed by atoms with van der Waals surface area (Å²) in [5.41, 5.74) is 3.21. The van der Waals surface area contributed by atoms with Crippen molar-refractivity contribution in [3.05, 3.63) is 29.3 Å². The van der Waals surface area contributed by atoms with E-state index in [0.29, 0.717) is 0 Å². The maximum atomic E-state index is 5.65. The van der Waals surface area contributed by atoms with Gasteiger partial charge in [-0.3, -0.25) is 5.10 Å². The van der Waals surface area contributed by atoms with E-state index in [1.807, 2.05) is 33.0 Å². The zero-order chi connectivity index (χ0) is 11.5. The van der Waals surface area contributed by atoms with E-state index < -0.39 is 0 Å². The molecular weight excluding hydrogens is 202 g/mol. The average molecular weight is 219 g/mol. The van der Waals surface area contributed by atoms with Crippen molar-refractivity contribution in [3.8, 4) is 11.3 Å². The predicted molar refractivity (Wildman–Crippen MR) is 63.4 cm³/mol. The average Bonchev–Trinajstić information content (AvgIpc) is 2.82. The van der Waals surface area contributed by atoms with E-state index in [0.717, 1.165) is 41.4 Å². The van der Waals surface area contributed by atoms with Crippen molar-refractivity contribution in [3.63, 3.8) is 0 Å². The molecular formula is C12H17N3O. The van der Waals surface area contributed by atoms with Crippen LogP contribution in [0.2, 0.25) is 0 Å². The second-order valence-corrected chi connectivity index (χ2v) is 3.93. The maximum Gasteiger partial charge on any atom is 0.137 e. The summed E-state index contributed by atoms with van der Waals surface area (Å²) in [4.78, 5) is 0. The summed E-state index contributed by atoms with van der Waals surface area (Å²) >= 11 is 0. The highest BCUT2D eigenvalue weighted by Crippen LogP contribution is 2.27. The first-order chi connectivity index (χ1) is 7.72. The van der Waals surface area contributed by atoms with Crippen LogP contribution in [0, 0.1) is 13.8 Å². The molecule has 2 aromatic heterocycles. The molecule has 0 radical (unpaired) electrons. The Morgan fingerprint density at radius 2 is 2.19 bits per heavy atom. The molecule has 2 aromatic rings. The number of hydrogen-bond donors (Lipinski definition) is 2. The van der Waals surface area contributed by atoms with Gasteiger partial charge < -0.3 is 9.73 Å². The summed E-state index contributed by atoms with van der Waals surface area (Å²) in [6, 6.07) is 3.97. The van der Waals surface area contributed by atoms with Crippen LogP contribution in [0.1, 0.15) is 17.1 Å². The second-order valence-electron chi connectivity index (χ2n) is 3.93. The Morgan fingerprint density at radius 3 is 2.81 bits per heavy atom. The zero-order valence-corrected chi connectivity index (χ0v) is 9.92. The topological polar surface area (TPSA) is 53.9 Å². The van der Waals surface area contributed by atoms with Crippen LogP contribution in [0.5, 0.6) is 0 Å². The van der Waals surface area contributed by atoms with Gasteiger partial charge in [-0.1, -0.05) is 0 Å². The van der Waals surface area contributed by atoms with E-state index in [-0.39, 0.29) is 0 Å². The molecule has 0 fully saturated rings. The van der Waals surface area contributed by atoms with Crippen LogP contribution in [0.3, 0.4) is 0 Å². The number of rotatable bonds is 4. The molecule has 0 atom stereocenters. The van der Waals surface area contributed by atoms with Gasteiger partial charge in [0.15, 0.2) is 0 Å². The number of nitrogens with zero attached hydrogens (tertiary/aromatic N) is 1. The molecule has 4 heteroatoms. The minimum absolute atomic E-state index is 0.898. The van der Waals surface area contributed by atoms with Gasteiger partial charge in [0.05, 0.1) is 11.3 Å². The molecule has 2 rings (SSSR count). The molecule has 2 N–H and O–H groups in total. The summed E-state index contributed by atoms with van der Waals surface area (Å²) < 4.78 is 5.65. The van der Waals surface area contributed by atoms with Crippen LogP contribution < -0.4 is 5.32 Å². The van der Waals surface area contributed by atoms with E-state index in [9.17, 15) is 0 Å². The summed E-state index contributed by atoms with van der Waals surface area (Å²) in [5.74, 6) is 1.82. The highest BCUT2D eigenvalue weighted by molar-refractivity contribution is 5.63. The van der Waals surface area contributed by atoms with Crippen molar-refractivity contribution >= 4 is 0 Å². The van der Waals surface area contributed by atoms with Gasteiger partial charge in [0.2, 0.25) is 0 Å². The monoisotopic (exact) mass is 219 g/mol. The lowest BCUT2D eigenvalue weighted by molar-refractivity contribution is 0.547. The largest absolute Gasteiger partial charge is 0.461 e. The predicted octanol–water partition coefficient (Wildman–Crippen LogP) is 2.05. The highest BCUT2D eigenvalue weighted by Gasteiger charge is 2.14. The molecule has 0 bridgehead atoms. The van der Waals surface area contributed by atoms with Crippen LogP contribution >= 0.6 is 0 Å². The number of hydrogen-bond acceptors (Lipinski definition) is 3. The van der Waals surface area contributed by atoms with Crippen molar-refractivity contribution in [2.24, 2.45) is 0 Å². The third-order valence-electron chi connectivity index (χ3n) is 2.62.